The van der Waals surface area contributed by atoms with Crippen LogP contribution in [-0.4, -0.2) is 9.97 Å². The van der Waals surface area contributed by atoms with E-state index in [0.29, 0.717) is 18.0 Å². The molecule has 2 aromatic rings. The largest absolute Gasteiger partial charge is 0.455 e. The summed E-state index contributed by atoms with van der Waals surface area (Å²) in [5.41, 5.74) is 6.45. The Labute approximate surface area is 102 Å². The second kappa shape index (κ2) is 5.05. The van der Waals surface area contributed by atoms with E-state index >= 15 is 0 Å². The monoisotopic (exact) mass is 279 g/mol. The Morgan fingerprint density at radius 3 is 2.88 bits per heavy atom. The van der Waals surface area contributed by atoms with Gasteiger partial charge in [0, 0.05) is 35.2 Å². The van der Waals surface area contributed by atoms with E-state index in [-0.39, 0.29) is 0 Å². The normalized spacial score (nSPS) is 10.1. The van der Waals surface area contributed by atoms with E-state index in [1.54, 1.807) is 30.9 Å². The highest BCUT2D eigenvalue weighted by molar-refractivity contribution is 9.10. The second-order valence-corrected chi connectivity index (χ2v) is 4.04. The summed E-state index contributed by atoms with van der Waals surface area (Å²) in [5.74, 6) is 1.37. The van der Waals surface area contributed by atoms with Crippen LogP contribution in [-0.2, 0) is 6.54 Å². The molecule has 2 aromatic heterocycles. The molecule has 0 amide bonds. The van der Waals surface area contributed by atoms with Crippen molar-refractivity contribution in [2.75, 3.05) is 0 Å². The van der Waals surface area contributed by atoms with E-state index in [2.05, 4.69) is 25.9 Å². The summed E-state index contributed by atoms with van der Waals surface area (Å²) in [7, 11) is 0. The lowest BCUT2D eigenvalue weighted by atomic mass is 10.2. The molecule has 2 rings (SSSR count). The fourth-order valence-electron chi connectivity index (χ4n) is 1.24. The lowest BCUT2D eigenvalue weighted by Crippen LogP contribution is -2.00. The molecule has 0 aliphatic rings. The van der Waals surface area contributed by atoms with Crippen molar-refractivity contribution in [2.24, 2.45) is 5.73 Å². The Hall–Kier alpha value is -1.46. The van der Waals surface area contributed by atoms with Gasteiger partial charge < -0.3 is 10.5 Å². The van der Waals surface area contributed by atoms with Gasteiger partial charge in [-0.25, -0.2) is 0 Å². The number of nitrogens with two attached hydrogens (primary N) is 1. The predicted molar refractivity (Wildman–Crippen MR) is 64.1 cm³/mol. The number of nitrogens with zero attached hydrogens (tertiary/aromatic N) is 2. The van der Waals surface area contributed by atoms with Gasteiger partial charge in [0.25, 0.3) is 0 Å². The smallest absolute Gasteiger partial charge is 0.146 e. The molecule has 0 saturated carbocycles. The fourth-order valence-corrected chi connectivity index (χ4v) is 1.59. The van der Waals surface area contributed by atoms with Crippen LogP contribution in [0.2, 0.25) is 0 Å². The zero-order chi connectivity index (χ0) is 11.4. The third-order valence-corrected chi connectivity index (χ3v) is 2.42. The lowest BCUT2D eigenvalue weighted by Gasteiger charge is -2.08. The summed E-state index contributed by atoms with van der Waals surface area (Å²) in [6.45, 7) is 0.393. The molecular formula is C11H10BrN3O. The van der Waals surface area contributed by atoms with Crippen LogP contribution in [0.15, 0.2) is 41.4 Å². The first-order valence-electron chi connectivity index (χ1n) is 4.71. The Morgan fingerprint density at radius 1 is 1.25 bits per heavy atom. The van der Waals surface area contributed by atoms with Gasteiger partial charge in [0.05, 0.1) is 6.20 Å². The van der Waals surface area contributed by atoms with Gasteiger partial charge in [0.15, 0.2) is 0 Å². The van der Waals surface area contributed by atoms with Gasteiger partial charge in [-0.2, -0.15) is 0 Å². The maximum Gasteiger partial charge on any atom is 0.146 e. The van der Waals surface area contributed by atoms with E-state index in [1.165, 1.54) is 0 Å². The van der Waals surface area contributed by atoms with Crippen molar-refractivity contribution in [1.29, 1.82) is 0 Å². The first-order chi connectivity index (χ1) is 7.79. The van der Waals surface area contributed by atoms with Crippen molar-refractivity contribution in [3.8, 4) is 11.5 Å². The SMILES string of the molecule is NCc1cnccc1Oc1cncc(Br)c1. The van der Waals surface area contributed by atoms with Gasteiger partial charge in [0.2, 0.25) is 0 Å². The highest BCUT2D eigenvalue weighted by Gasteiger charge is 2.03. The molecule has 0 saturated heterocycles. The van der Waals surface area contributed by atoms with E-state index < -0.39 is 0 Å². The molecule has 0 fully saturated rings. The molecule has 2 N–H and O–H groups in total. The van der Waals surface area contributed by atoms with Crippen LogP contribution in [0.5, 0.6) is 11.5 Å². The van der Waals surface area contributed by atoms with Gasteiger partial charge in [-0.1, -0.05) is 0 Å². The Balaban J connectivity index is 2.26. The molecular weight excluding hydrogens is 270 g/mol. The summed E-state index contributed by atoms with van der Waals surface area (Å²) >= 11 is 3.33. The Bertz CT molecular complexity index is 490. The zero-order valence-electron chi connectivity index (χ0n) is 8.43. The summed E-state index contributed by atoms with van der Waals surface area (Å²) < 4.78 is 6.54. The first-order valence-corrected chi connectivity index (χ1v) is 5.50. The number of pyridine rings is 2. The first kappa shape index (κ1) is 11.0. The van der Waals surface area contributed by atoms with Crippen LogP contribution in [0.3, 0.4) is 0 Å². The zero-order valence-corrected chi connectivity index (χ0v) is 10.0. The summed E-state index contributed by atoms with van der Waals surface area (Å²) in [6, 6.07) is 3.62. The molecule has 0 radical (unpaired) electrons. The maximum atomic E-state index is 5.67. The minimum absolute atomic E-state index is 0.393. The van der Waals surface area contributed by atoms with E-state index in [1.807, 2.05) is 6.07 Å². The van der Waals surface area contributed by atoms with Crippen molar-refractivity contribution in [3.05, 3.63) is 47.0 Å². The number of hydrogen-bond donors (Lipinski definition) is 1. The van der Waals surface area contributed by atoms with Crippen LogP contribution in [0.25, 0.3) is 0 Å². The van der Waals surface area contributed by atoms with Gasteiger partial charge in [-0.3, -0.25) is 9.97 Å². The minimum atomic E-state index is 0.393. The summed E-state index contributed by atoms with van der Waals surface area (Å²) in [5, 5.41) is 0. The standard InChI is InChI=1S/C11H10BrN3O/c12-9-3-10(7-15-6-9)16-11-1-2-14-5-8(11)4-13/h1-3,5-7H,4,13H2. The molecule has 0 bridgehead atoms. The van der Waals surface area contributed by atoms with Crippen molar-refractivity contribution >= 4 is 15.9 Å². The number of aromatic nitrogens is 2. The lowest BCUT2D eigenvalue weighted by molar-refractivity contribution is 0.473. The predicted octanol–water partition coefficient (Wildman–Crippen LogP) is 2.49. The van der Waals surface area contributed by atoms with Crippen LogP contribution < -0.4 is 10.5 Å². The van der Waals surface area contributed by atoms with Crippen LogP contribution in [0.4, 0.5) is 0 Å². The molecule has 4 nitrogen and oxygen atoms in total. The minimum Gasteiger partial charge on any atom is -0.455 e. The quantitative estimate of drug-likeness (QED) is 0.938. The van der Waals surface area contributed by atoms with Crippen LogP contribution >= 0.6 is 15.9 Å². The molecule has 0 aliphatic carbocycles. The van der Waals surface area contributed by atoms with E-state index in [4.69, 9.17) is 10.5 Å². The van der Waals surface area contributed by atoms with Crippen LogP contribution in [0, 0.1) is 0 Å². The molecule has 16 heavy (non-hydrogen) atoms. The van der Waals surface area contributed by atoms with Gasteiger partial charge in [-0.15, -0.1) is 0 Å². The highest BCUT2D eigenvalue weighted by Crippen LogP contribution is 2.25. The molecule has 82 valence electrons. The third kappa shape index (κ3) is 2.56. The average molecular weight is 280 g/mol. The molecule has 0 aromatic carbocycles. The average Bonchev–Trinajstić information content (AvgIpc) is 2.30. The van der Waals surface area contributed by atoms with Crippen molar-refractivity contribution in [3.63, 3.8) is 0 Å². The maximum absolute atomic E-state index is 5.67. The molecule has 0 unspecified atom stereocenters. The number of hydrogen-bond acceptors (Lipinski definition) is 4. The van der Waals surface area contributed by atoms with Gasteiger partial charge in [-0.05, 0) is 28.1 Å². The number of ether oxygens (including phenoxy) is 1. The third-order valence-electron chi connectivity index (χ3n) is 1.99. The fraction of sp³-hybridized carbons (Fsp3) is 0.0909. The van der Waals surface area contributed by atoms with Gasteiger partial charge in [0.1, 0.15) is 11.5 Å². The topological polar surface area (TPSA) is 61.0 Å². The highest BCUT2D eigenvalue weighted by atomic mass is 79.9. The van der Waals surface area contributed by atoms with Gasteiger partial charge >= 0.3 is 0 Å². The van der Waals surface area contributed by atoms with Crippen LogP contribution in [0.1, 0.15) is 5.56 Å². The van der Waals surface area contributed by atoms with Crippen molar-refractivity contribution in [2.45, 2.75) is 6.54 Å². The number of halogens is 1. The summed E-state index contributed by atoms with van der Waals surface area (Å²) in [4.78, 5) is 8.01. The Morgan fingerprint density at radius 2 is 2.12 bits per heavy atom. The molecule has 0 aliphatic heterocycles. The second-order valence-electron chi connectivity index (χ2n) is 3.13. The Kier molecular flexibility index (Phi) is 3.48. The summed E-state index contributed by atoms with van der Waals surface area (Å²) in [6.07, 6.45) is 6.70. The number of rotatable bonds is 3. The molecule has 0 spiro atoms. The van der Waals surface area contributed by atoms with Crippen molar-refractivity contribution < 1.29 is 4.74 Å². The molecule has 2 heterocycles. The van der Waals surface area contributed by atoms with Crippen molar-refractivity contribution in [1.82, 2.24) is 9.97 Å². The van der Waals surface area contributed by atoms with E-state index in [9.17, 15) is 0 Å². The van der Waals surface area contributed by atoms with E-state index in [0.717, 1.165) is 10.0 Å². The molecule has 0 atom stereocenters. The molecule has 5 heteroatoms.